The van der Waals surface area contributed by atoms with Crippen LogP contribution in [0.4, 0.5) is 10.3 Å². The van der Waals surface area contributed by atoms with Gasteiger partial charge in [-0.15, -0.1) is 0 Å². The van der Waals surface area contributed by atoms with Crippen molar-refractivity contribution in [2.45, 2.75) is 44.6 Å². The lowest BCUT2D eigenvalue weighted by atomic mass is 9.94. The average Bonchev–Trinajstić information content (AvgIpc) is 2.97. The van der Waals surface area contributed by atoms with Crippen molar-refractivity contribution in [2.24, 2.45) is 5.92 Å². The molecule has 1 saturated heterocycles. The maximum absolute atomic E-state index is 12.7. The van der Waals surface area contributed by atoms with Crippen molar-refractivity contribution < 1.29 is 4.39 Å². The Kier molecular flexibility index (Phi) is 4.45. The van der Waals surface area contributed by atoms with E-state index in [0.717, 1.165) is 12.6 Å². The summed E-state index contributed by atoms with van der Waals surface area (Å²) in [6, 6.07) is 0.816. The predicted octanol–water partition coefficient (Wildman–Crippen LogP) is 2.68. The van der Waals surface area contributed by atoms with Gasteiger partial charge >= 0.3 is 0 Å². The number of aromatic nitrogens is 2. The minimum absolute atomic E-state index is 0.389. The van der Waals surface area contributed by atoms with E-state index in [-0.39, 0.29) is 5.82 Å². The summed E-state index contributed by atoms with van der Waals surface area (Å²) in [7, 11) is 0. The van der Waals surface area contributed by atoms with Crippen molar-refractivity contribution in [3.63, 3.8) is 0 Å². The van der Waals surface area contributed by atoms with Crippen LogP contribution in [0, 0.1) is 11.7 Å². The lowest BCUT2D eigenvalue weighted by Crippen LogP contribution is -2.35. The van der Waals surface area contributed by atoms with Gasteiger partial charge in [-0.25, -0.2) is 14.4 Å². The molecule has 20 heavy (non-hydrogen) atoms. The third kappa shape index (κ3) is 3.45. The number of rotatable bonds is 4. The summed E-state index contributed by atoms with van der Waals surface area (Å²) in [6.07, 6.45) is 10.6. The Morgan fingerprint density at radius 1 is 1.15 bits per heavy atom. The molecule has 2 aliphatic rings. The van der Waals surface area contributed by atoms with Crippen LogP contribution >= 0.6 is 0 Å². The van der Waals surface area contributed by atoms with Crippen LogP contribution in [0.2, 0.25) is 0 Å². The lowest BCUT2D eigenvalue weighted by Gasteiger charge is -2.31. The molecule has 0 radical (unpaired) electrons. The predicted molar refractivity (Wildman–Crippen MR) is 77.0 cm³/mol. The van der Waals surface area contributed by atoms with E-state index in [1.54, 1.807) is 0 Å². The number of anilines is 1. The number of likely N-dealkylation sites (tertiary alicyclic amines) is 1. The molecule has 110 valence electrons. The van der Waals surface area contributed by atoms with Gasteiger partial charge in [-0.05, 0) is 31.7 Å². The number of nitrogens with one attached hydrogen (secondary N) is 1. The Morgan fingerprint density at radius 3 is 2.65 bits per heavy atom. The molecule has 0 bridgehead atoms. The molecule has 4 nitrogen and oxygen atoms in total. The van der Waals surface area contributed by atoms with Gasteiger partial charge in [0.25, 0.3) is 0 Å². The Morgan fingerprint density at radius 2 is 1.90 bits per heavy atom. The Bertz CT molecular complexity index is 416. The zero-order valence-electron chi connectivity index (χ0n) is 11.9. The third-order valence-corrected chi connectivity index (χ3v) is 4.58. The van der Waals surface area contributed by atoms with Crippen LogP contribution in [0.5, 0.6) is 0 Å². The van der Waals surface area contributed by atoms with Crippen LogP contribution < -0.4 is 5.32 Å². The van der Waals surface area contributed by atoms with Crippen molar-refractivity contribution in [3.8, 4) is 0 Å². The van der Waals surface area contributed by atoms with Crippen molar-refractivity contribution >= 4 is 5.95 Å². The SMILES string of the molecule is Fc1cnc(NCC2CCN(C3CCCCC3)C2)nc1. The van der Waals surface area contributed by atoms with Gasteiger partial charge in [-0.3, -0.25) is 0 Å². The molecule has 1 aromatic rings. The molecule has 1 atom stereocenters. The molecule has 3 rings (SSSR count). The van der Waals surface area contributed by atoms with Crippen molar-refractivity contribution in [2.75, 3.05) is 25.0 Å². The fourth-order valence-electron chi connectivity index (χ4n) is 3.45. The molecule has 1 unspecified atom stereocenters. The summed E-state index contributed by atoms with van der Waals surface area (Å²) in [5.74, 6) is 0.799. The topological polar surface area (TPSA) is 41.1 Å². The molecule has 1 N–H and O–H groups in total. The summed E-state index contributed by atoms with van der Waals surface area (Å²) >= 11 is 0. The van der Waals surface area contributed by atoms with Gasteiger partial charge < -0.3 is 10.2 Å². The van der Waals surface area contributed by atoms with E-state index in [9.17, 15) is 4.39 Å². The van der Waals surface area contributed by atoms with Gasteiger partial charge in [0.05, 0.1) is 12.4 Å². The number of nitrogens with zero attached hydrogens (tertiary/aromatic N) is 3. The normalized spacial score (nSPS) is 24.9. The van der Waals surface area contributed by atoms with Gasteiger partial charge in [0, 0.05) is 19.1 Å². The van der Waals surface area contributed by atoms with E-state index >= 15 is 0 Å². The van der Waals surface area contributed by atoms with E-state index in [4.69, 9.17) is 0 Å². The largest absolute Gasteiger partial charge is 0.354 e. The van der Waals surface area contributed by atoms with Crippen LogP contribution in [0.1, 0.15) is 38.5 Å². The summed E-state index contributed by atoms with van der Waals surface area (Å²) in [6.45, 7) is 3.29. The van der Waals surface area contributed by atoms with Crippen molar-refractivity contribution in [1.29, 1.82) is 0 Å². The van der Waals surface area contributed by atoms with Gasteiger partial charge in [-0.2, -0.15) is 0 Å². The molecular formula is C15H23FN4. The highest BCUT2D eigenvalue weighted by atomic mass is 19.1. The van der Waals surface area contributed by atoms with E-state index in [0.29, 0.717) is 11.9 Å². The molecule has 1 aromatic heterocycles. The van der Waals surface area contributed by atoms with E-state index in [2.05, 4.69) is 20.2 Å². The summed E-state index contributed by atoms with van der Waals surface area (Å²) in [5.41, 5.74) is 0. The highest BCUT2D eigenvalue weighted by Crippen LogP contribution is 2.27. The third-order valence-electron chi connectivity index (χ3n) is 4.58. The molecule has 0 aromatic carbocycles. The zero-order valence-corrected chi connectivity index (χ0v) is 11.9. The standard InChI is InChI=1S/C15H23FN4/c16-13-9-18-15(19-10-13)17-8-12-6-7-20(11-12)14-4-2-1-3-5-14/h9-10,12,14H,1-8,11H2,(H,17,18,19). The van der Waals surface area contributed by atoms with Crippen LogP contribution in [0.25, 0.3) is 0 Å². The second kappa shape index (κ2) is 6.48. The molecule has 1 aliphatic carbocycles. The van der Waals surface area contributed by atoms with Gasteiger partial charge in [0.2, 0.25) is 5.95 Å². The molecular weight excluding hydrogens is 255 g/mol. The zero-order chi connectivity index (χ0) is 13.8. The molecule has 1 saturated carbocycles. The lowest BCUT2D eigenvalue weighted by molar-refractivity contribution is 0.186. The van der Waals surface area contributed by atoms with E-state index in [1.165, 1.54) is 64.0 Å². The molecule has 2 heterocycles. The highest BCUT2D eigenvalue weighted by Gasteiger charge is 2.28. The summed E-state index contributed by atoms with van der Waals surface area (Å²) in [5, 5.41) is 3.22. The Labute approximate surface area is 119 Å². The van der Waals surface area contributed by atoms with Crippen LogP contribution in [0.3, 0.4) is 0 Å². The highest BCUT2D eigenvalue weighted by molar-refractivity contribution is 5.22. The quantitative estimate of drug-likeness (QED) is 0.919. The fourth-order valence-corrected chi connectivity index (χ4v) is 3.45. The first kappa shape index (κ1) is 13.7. The Hall–Kier alpha value is -1.23. The maximum atomic E-state index is 12.7. The number of halogens is 1. The average molecular weight is 278 g/mol. The van der Waals surface area contributed by atoms with Crippen LogP contribution in [-0.4, -0.2) is 40.5 Å². The minimum atomic E-state index is -0.389. The first-order chi connectivity index (χ1) is 9.81. The first-order valence-electron chi connectivity index (χ1n) is 7.77. The second-order valence-corrected chi connectivity index (χ2v) is 6.05. The fraction of sp³-hybridized carbons (Fsp3) is 0.733. The maximum Gasteiger partial charge on any atom is 0.222 e. The van der Waals surface area contributed by atoms with Gasteiger partial charge in [0.1, 0.15) is 0 Å². The Balaban J connectivity index is 1.44. The number of hydrogen-bond acceptors (Lipinski definition) is 4. The molecule has 2 fully saturated rings. The molecule has 5 heteroatoms. The molecule has 0 amide bonds. The molecule has 0 spiro atoms. The smallest absolute Gasteiger partial charge is 0.222 e. The van der Waals surface area contributed by atoms with Crippen LogP contribution in [-0.2, 0) is 0 Å². The number of hydrogen-bond donors (Lipinski definition) is 1. The summed E-state index contributed by atoms with van der Waals surface area (Å²) < 4.78 is 12.7. The van der Waals surface area contributed by atoms with E-state index < -0.39 is 0 Å². The van der Waals surface area contributed by atoms with Gasteiger partial charge in [0.15, 0.2) is 5.82 Å². The van der Waals surface area contributed by atoms with Gasteiger partial charge in [-0.1, -0.05) is 19.3 Å². The minimum Gasteiger partial charge on any atom is -0.354 e. The molecule has 1 aliphatic heterocycles. The first-order valence-corrected chi connectivity index (χ1v) is 7.77. The van der Waals surface area contributed by atoms with Crippen LogP contribution in [0.15, 0.2) is 12.4 Å². The van der Waals surface area contributed by atoms with Crippen molar-refractivity contribution in [1.82, 2.24) is 14.9 Å². The summed E-state index contributed by atoms with van der Waals surface area (Å²) in [4.78, 5) is 10.5. The van der Waals surface area contributed by atoms with Crippen molar-refractivity contribution in [3.05, 3.63) is 18.2 Å². The van der Waals surface area contributed by atoms with E-state index in [1.807, 2.05) is 0 Å². The second-order valence-electron chi connectivity index (χ2n) is 6.05. The monoisotopic (exact) mass is 278 g/mol.